The van der Waals surface area contributed by atoms with Gasteiger partial charge in [0, 0.05) is 18.7 Å². The smallest absolute Gasteiger partial charge is 0.288 e. The Bertz CT molecular complexity index is 753. The number of aliphatic hydroxyl groups is 1. The van der Waals surface area contributed by atoms with Crippen LogP contribution >= 0.6 is 15.9 Å². The largest absolute Gasteiger partial charge is 0.387 e. The molecule has 0 saturated heterocycles. The third-order valence-corrected chi connectivity index (χ3v) is 4.49. The summed E-state index contributed by atoms with van der Waals surface area (Å²) in [6.45, 7) is 0.277. The van der Waals surface area contributed by atoms with Crippen LogP contribution in [0.3, 0.4) is 0 Å². The third-order valence-electron chi connectivity index (χ3n) is 3.90. The average molecular weight is 396 g/mol. The number of pyridine rings is 1. The lowest BCUT2D eigenvalue weighted by atomic mass is 10.1. The van der Waals surface area contributed by atoms with Gasteiger partial charge in [0.05, 0.1) is 15.5 Å². The maximum atomic E-state index is 13.0. The second-order valence-corrected chi connectivity index (χ2v) is 6.56. The van der Waals surface area contributed by atoms with Crippen LogP contribution in [0.25, 0.3) is 0 Å². The van der Waals surface area contributed by atoms with E-state index in [4.69, 9.17) is 0 Å². The van der Waals surface area contributed by atoms with Crippen molar-refractivity contribution in [3.63, 3.8) is 0 Å². The van der Waals surface area contributed by atoms with Crippen LogP contribution in [0.1, 0.15) is 24.5 Å². The molecular weight excluding hydrogens is 381 g/mol. The molecule has 24 heavy (non-hydrogen) atoms. The number of anilines is 1. The highest BCUT2D eigenvalue weighted by atomic mass is 79.9. The molecule has 0 bridgehead atoms. The van der Waals surface area contributed by atoms with Crippen LogP contribution in [0, 0.1) is 15.9 Å². The number of hydrogen-bond acceptors (Lipinski definition) is 5. The number of nitrogens with zero attached hydrogens (tertiary/aromatic N) is 3. The first kappa shape index (κ1) is 16.8. The number of halogens is 2. The summed E-state index contributed by atoms with van der Waals surface area (Å²) in [4.78, 5) is 16.4. The molecule has 1 aliphatic rings. The number of hydrogen-bond donors (Lipinski definition) is 1. The standard InChI is InChI=1S/C16H15BrFN3O3/c17-14-7-13(21(23)24)8-19-16(14)20(12-5-6-12)9-15(22)10-1-3-11(18)4-2-10/h1-4,7-8,12,15,22H,5-6,9H2. The molecule has 1 fully saturated rings. The first-order valence-corrected chi connectivity index (χ1v) is 8.25. The second kappa shape index (κ2) is 6.82. The van der Waals surface area contributed by atoms with Gasteiger partial charge < -0.3 is 10.0 Å². The molecule has 0 spiro atoms. The summed E-state index contributed by atoms with van der Waals surface area (Å²) in [5.41, 5.74) is 0.514. The average Bonchev–Trinajstić information content (AvgIpc) is 3.38. The fourth-order valence-corrected chi connectivity index (χ4v) is 3.07. The minimum Gasteiger partial charge on any atom is -0.387 e. The lowest BCUT2D eigenvalue weighted by Crippen LogP contribution is -2.31. The predicted molar refractivity (Wildman–Crippen MR) is 90.3 cm³/mol. The lowest BCUT2D eigenvalue weighted by molar-refractivity contribution is -0.385. The Morgan fingerprint density at radius 1 is 1.42 bits per heavy atom. The van der Waals surface area contributed by atoms with Crippen molar-refractivity contribution in [2.45, 2.75) is 25.0 Å². The molecule has 126 valence electrons. The highest BCUT2D eigenvalue weighted by Gasteiger charge is 2.33. The van der Waals surface area contributed by atoms with Gasteiger partial charge >= 0.3 is 0 Å². The third kappa shape index (κ3) is 3.70. The maximum Gasteiger partial charge on any atom is 0.288 e. The molecule has 2 aromatic rings. The molecule has 0 aliphatic heterocycles. The maximum absolute atomic E-state index is 13.0. The van der Waals surface area contributed by atoms with Crippen LogP contribution in [0.4, 0.5) is 15.9 Å². The first-order chi connectivity index (χ1) is 11.5. The van der Waals surface area contributed by atoms with Crippen LogP contribution in [-0.2, 0) is 0 Å². The van der Waals surface area contributed by atoms with Gasteiger partial charge in [-0.3, -0.25) is 10.1 Å². The summed E-state index contributed by atoms with van der Waals surface area (Å²) in [6.07, 6.45) is 2.34. The van der Waals surface area contributed by atoms with Crippen LogP contribution in [-0.4, -0.2) is 27.6 Å². The molecule has 1 aromatic carbocycles. The molecule has 1 saturated carbocycles. The number of rotatable bonds is 6. The molecule has 1 atom stereocenters. The summed E-state index contributed by atoms with van der Waals surface area (Å²) in [7, 11) is 0. The monoisotopic (exact) mass is 395 g/mol. The fourth-order valence-electron chi connectivity index (χ4n) is 2.50. The number of aliphatic hydroxyl groups excluding tert-OH is 1. The highest BCUT2D eigenvalue weighted by molar-refractivity contribution is 9.10. The zero-order chi connectivity index (χ0) is 17.3. The minimum atomic E-state index is -0.810. The van der Waals surface area contributed by atoms with Crippen LogP contribution in [0.5, 0.6) is 0 Å². The predicted octanol–water partition coefficient (Wildman–Crippen LogP) is 3.59. The molecule has 1 unspecified atom stereocenters. The van der Waals surface area contributed by atoms with E-state index in [1.807, 2.05) is 4.90 Å². The van der Waals surface area contributed by atoms with Crippen molar-refractivity contribution < 1.29 is 14.4 Å². The fraction of sp³-hybridized carbons (Fsp3) is 0.312. The van der Waals surface area contributed by atoms with Crippen molar-refractivity contribution in [2.75, 3.05) is 11.4 Å². The Balaban J connectivity index is 1.82. The van der Waals surface area contributed by atoms with Gasteiger partial charge in [0.25, 0.3) is 5.69 Å². The molecule has 1 N–H and O–H groups in total. The Morgan fingerprint density at radius 3 is 2.62 bits per heavy atom. The van der Waals surface area contributed by atoms with Crippen LogP contribution < -0.4 is 4.90 Å². The van der Waals surface area contributed by atoms with Gasteiger partial charge in [-0.1, -0.05) is 12.1 Å². The van der Waals surface area contributed by atoms with E-state index in [9.17, 15) is 19.6 Å². The van der Waals surface area contributed by atoms with Gasteiger partial charge in [-0.15, -0.1) is 0 Å². The van der Waals surface area contributed by atoms with Crippen molar-refractivity contribution in [2.24, 2.45) is 0 Å². The van der Waals surface area contributed by atoms with Gasteiger partial charge in [0.1, 0.15) is 17.8 Å². The van der Waals surface area contributed by atoms with E-state index < -0.39 is 11.0 Å². The van der Waals surface area contributed by atoms with E-state index in [-0.39, 0.29) is 24.1 Å². The normalized spacial score (nSPS) is 15.1. The van der Waals surface area contributed by atoms with E-state index in [2.05, 4.69) is 20.9 Å². The van der Waals surface area contributed by atoms with Crippen molar-refractivity contribution in [1.82, 2.24) is 4.98 Å². The summed E-state index contributed by atoms with van der Waals surface area (Å²) in [6, 6.07) is 7.35. The first-order valence-electron chi connectivity index (χ1n) is 7.46. The Labute approximate surface area is 146 Å². The zero-order valence-corrected chi connectivity index (χ0v) is 14.2. The van der Waals surface area contributed by atoms with Crippen LogP contribution in [0.2, 0.25) is 0 Å². The Morgan fingerprint density at radius 2 is 2.08 bits per heavy atom. The molecule has 1 heterocycles. The summed E-state index contributed by atoms with van der Waals surface area (Å²) in [5.74, 6) is 0.203. The van der Waals surface area contributed by atoms with Gasteiger partial charge in [-0.25, -0.2) is 9.37 Å². The van der Waals surface area contributed by atoms with Crippen molar-refractivity contribution >= 4 is 27.4 Å². The van der Waals surface area contributed by atoms with Gasteiger partial charge in [-0.05, 0) is 46.5 Å². The molecule has 6 nitrogen and oxygen atoms in total. The SMILES string of the molecule is O=[N+]([O-])c1cnc(N(CC(O)c2ccc(F)cc2)C2CC2)c(Br)c1. The summed E-state index contributed by atoms with van der Waals surface area (Å²) >= 11 is 3.33. The molecule has 0 amide bonds. The van der Waals surface area contributed by atoms with Crippen molar-refractivity contribution in [3.05, 3.63) is 62.5 Å². The molecule has 8 heteroatoms. The quantitative estimate of drug-likeness (QED) is 0.596. The topological polar surface area (TPSA) is 79.5 Å². The molecule has 3 rings (SSSR count). The Hall–Kier alpha value is -2.06. The van der Waals surface area contributed by atoms with Gasteiger partial charge in [0.2, 0.25) is 0 Å². The minimum absolute atomic E-state index is 0.0968. The van der Waals surface area contributed by atoms with E-state index in [0.29, 0.717) is 15.9 Å². The highest BCUT2D eigenvalue weighted by Crippen LogP contribution is 2.37. The molecular formula is C16H15BrFN3O3. The Kier molecular flexibility index (Phi) is 4.77. The van der Waals surface area contributed by atoms with E-state index in [1.54, 1.807) is 12.1 Å². The number of benzene rings is 1. The molecule has 1 aliphatic carbocycles. The summed E-state index contributed by atoms with van der Waals surface area (Å²) < 4.78 is 13.5. The second-order valence-electron chi connectivity index (χ2n) is 5.71. The van der Waals surface area contributed by atoms with Gasteiger partial charge in [0.15, 0.2) is 0 Å². The lowest BCUT2D eigenvalue weighted by Gasteiger charge is -2.27. The summed E-state index contributed by atoms with van der Waals surface area (Å²) in [5, 5.41) is 21.3. The van der Waals surface area contributed by atoms with E-state index >= 15 is 0 Å². The van der Waals surface area contributed by atoms with Crippen molar-refractivity contribution in [3.8, 4) is 0 Å². The van der Waals surface area contributed by atoms with E-state index in [1.165, 1.54) is 24.4 Å². The van der Waals surface area contributed by atoms with Crippen LogP contribution in [0.15, 0.2) is 41.0 Å². The number of aromatic nitrogens is 1. The molecule has 1 aromatic heterocycles. The van der Waals surface area contributed by atoms with Crippen molar-refractivity contribution in [1.29, 1.82) is 0 Å². The molecule has 0 radical (unpaired) electrons. The zero-order valence-electron chi connectivity index (χ0n) is 12.6. The number of nitro groups is 1. The van der Waals surface area contributed by atoms with E-state index in [0.717, 1.165) is 12.8 Å². The van der Waals surface area contributed by atoms with Gasteiger partial charge in [-0.2, -0.15) is 0 Å².